The van der Waals surface area contributed by atoms with E-state index in [1.165, 1.54) is 6.92 Å². The van der Waals surface area contributed by atoms with Crippen molar-refractivity contribution in [3.8, 4) is 0 Å². The van der Waals surface area contributed by atoms with Crippen LogP contribution in [-0.2, 0) is 49.6 Å². The Morgan fingerprint density at radius 1 is 0.649 bits per heavy atom. The highest BCUT2D eigenvalue weighted by molar-refractivity contribution is 5.98. The Morgan fingerprint density at radius 2 is 1.23 bits per heavy atom. The maximum Gasteiger partial charge on any atom is 0.245 e. The van der Waals surface area contributed by atoms with Crippen LogP contribution in [0.2, 0.25) is 0 Å². The molecule has 74 heavy (non-hydrogen) atoms. The molecule has 1 aromatic carbocycles. The van der Waals surface area contributed by atoms with Gasteiger partial charge in [0.15, 0.2) is 5.78 Å². The van der Waals surface area contributed by atoms with Crippen LogP contribution < -0.4 is 60.2 Å². The van der Waals surface area contributed by atoms with Crippen LogP contribution in [0.1, 0.15) is 136 Å². The lowest BCUT2D eigenvalue weighted by Crippen LogP contribution is -2.59. The lowest BCUT2D eigenvalue weighted by Gasteiger charge is -2.28. The first-order chi connectivity index (χ1) is 35.3. The average molecular weight is 1040 g/mol. The van der Waals surface area contributed by atoms with Crippen LogP contribution in [-0.4, -0.2) is 144 Å². The van der Waals surface area contributed by atoms with Gasteiger partial charge in [-0.15, -0.1) is 0 Å². The summed E-state index contributed by atoms with van der Waals surface area (Å²) < 4.78 is 0. The van der Waals surface area contributed by atoms with E-state index in [0.717, 1.165) is 32.1 Å². The van der Waals surface area contributed by atoms with Gasteiger partial charge in [-0.25, -0.2) is 0 Å². The fraction of sp³-hybridized carbons (Fsp3) is 0.712. The van der Waals surface area contributed by atoms with Crippen molar-refractivity contribution in [1.29, 1.82) is 0 Å². The second-order valence-electron chi connectivity index (χ2n) is 20.0. The Morgan fingerprint density at radius 3 is 1.82 bits per heavy atom. The van der Waals surface area contributed by atoms with E-state index in [9.17, 15) is 53.4 Å². The Bertz CT molecular complexity index is 1920. The molecule has 0 saturated carbocycles. The Hall–Kier alpha value is -5.39. The van der Waals surface area contributed by atoms with Crippen molar-refractivity contribution in [2.75, 3.05) is 32.7 Å². The number of carbonyl (C=O) groups excluding carboxylic acids is 9. The minimum Gasteiger partial charge on any atom is -0.393 e. The fourth-order valence-electron chi connectivity index (χ4n) is 8.75. The highest BCUT2D eigenvalue weighted by atomic mass is 16.3. The molecular weight excluding hydrogens is 955 g/mol. The molecule has 418 valence electrons. The third-order valence-electron chi connectivity index (χ3n) is 13.0. The second kappa shape index (κ2) is 35.7. The molecule has 17 N–H and O–H groups in total. The van der Waals surface area contributed by atoms with Crippen LogP contribution in [0.4, 0.5) is 0 Å². The zero-order chi connectivity index (χ0) is 55.2. The number of hydrogen-bond acceptors (Lipinski definition) is 15. The largest absolute Gasteiger partial charge is 0.393 e. The standard InChI is InChI=1S/C52H89N11O11/c1-5-6-7-8-12-17-37(65)31-38(66)29-35(16-13-22-53)46(68)59-41-21-26-57-52(74)45(33(4)64)63-50(72)40(20-25-56)58-47(69)36(18-23-54)30-44(67)42(27-32(2)3)61-51(73)43(28-34-14-10-9-11-15-34)62-48(70)39(19-24-55)60-49(41)71/h9-11,14-15,32-33,35-37,39-43,45,64-65H,5-8,12-13,16-31,53-56H2,1-4H3,(H,57,74)(H,58,69)(H,59,68)(H,60,71)(H,61,73)(H,62,70)(H,63,72)/t33-,35+,36-,37-,39+,40+,41+,42+,43-,45+/m1/s1. The minimum atomic E-state index is -1.59. The molecule has 10 atom stereocenters. The van der Waals surface area contributed by atoms with E-state index in [-0.39, 0.29) is 109 Å². The van der Waals surface area contributed by atoms with E-state index in [4.69, 9.17) is 22.9 Å². The van der Waals surface area contributed by atoms with Crippen LogP contribution >= 0.6 is 0 Å². The number of unbranched alkanes of at least 4 members (excludes halogenated alkanes) is 4. The van der Waals surface area contributed by atoms with Gasteiger partial charge in [-0.3, -0.25) is 43.2 Å². The normalized spacial score (nSPS) is 23.6. The third-order valence-corrected chi connectivity index (χ3v) is 13.0. The zero-order valence-electron chi connectivity index (χ0n) is 44.2. The monoisotopic (exact) mass is 1040 g/mol. The number of rotatable bonds is 26. The quantitative estimate of drug-likeness (QED) is 0.0502. The molecule has 0 aliphatic carbocycles. The van der Waals surface area contributed by atoms with Crippen LogP contribution in [0.25, 0.3) is 0 Å². The maximum absolute atomic E-state index is 14.4. The van der Waals surface area contributed by atoms with Gasteiger partial charge in [-0.1, -0.05) is 83.2 Å². The van der Waals surface area contributed by atoms with Gasteiger partial charge in [0.1, 0.15) is 36.0 Å². The minimum absolute atomic E-state index is 0.0142. The lowest BCUT2D eigenvalue weighted by molar-refractivity contribution is -0.136. The van der Waals surface area contributed by atoms with Gasteiger partial charge in [-0.2, -0.15) is 0 Å². The Kier molecular flexibility index (Phi) is 31.3. The van der Waals surface area contributed by atoms with Gasteiger partial charge in [0.2, 0.25) is 41.4 Å². The molecule has 0 radical (unpaired) electrons. The van der Waals surface area contributed by atoms with Gasteiger partial charge in [0.25, 0.3) is 0 Å². The summed E-state index contributed by atoms with van der Waals surface area (Å²) in [6, 6.07) is 0.540. The highest BCUT2D eigenvalue weighted by Crippen LogP contribution is 2.19. The Labute approximate surface area is 436 Å². The van der Waals surface area contributed by atoms with Crippen molar-refractivity contribution >= 4 is 52.9 Å². The molecule has 1 heterocycles. The molecule has 0 aromatic heterocycles. The van der Waals surface area contributed by atoms with Crippen molar-refractivity contribution < 1.29 is 53.4 Å². The molecule has 22 nitrogen and oxygen atoms in total. The van der Waals surface area contributed by atoms with Crippen molar-refractivity contribution in [2.24, 2.45) is 40.7 Å². The molecule has 0 unspecified atom stereocenters. The lowest BCUT2D eigenvalue weighted by atomic mass is 9.90. The van der Waals surface area contributed by atoms with Crippen molar-refractivity contribution in [3.05, 3.63) is 35.9 Å². The van der Waals surface area contributed by atoms with Crippen LogP contribution in [0.15, 0.2) is 30.3 Å². The van der Waals surface area contributed by atoms with Gasteiger partial charge in [-0.05, 0) is 96.0 Å². The molecule has 0 spiro atoms. The number of aliphatic hydroxyl groups excluding tert-OH is 2. The SMILES string of the molecule is CCCCCCC[C@@H](O)CC(=O)C[C@H](CCCN)C(=O)N[C@H]1CCNC(=O)[C@H]([C@@H](C)O)NC(=O)[C@H](CCN)NC(=O)[C@H](CCN)CC(=O)[C@H](CC(C)C)NC(=O)[C@@H](Cc2ccccc2)NC(=O)[C@H](CCN)NC1=O. The molecular formula is C52H89N11O11. The van der Waals surface area contributed by atoms with Gasteiger partial charge in [0.05, 0.1) is 18.2 Å². The predicted molar refractivity (Wildman–Crippen MR) is 280 cm³/mol. The first-order valence-electron chi connectivity index (χ1n) is 26.6. The zero-order valence-corrected chi connectivity index (χ0v) is 44.2. The summed E-state index contributed by atoms with van der Waals surface area (Å²) in [5.41, 5.74) is 24.2. The van der Waals surface area contributed by atoms with E-state index in [2.05, 4.69) is 44.1 Å². The third kappa shape index (κ3) is 24.3. The number of hydrogen-bond donors (Lipinski definition) is 13. The predicted octanol–water partition coefficient (Wildman–Crippen LogP) is -0.868. The topological polar surface area (TPSA) is 382 Å². The second-order valence-corrected chi connectivity index (χ2v) is 20.0. The number of aliphatic hydroxyl groups is 2. The Balaban J connectivity index is 2.68. The number of nitrogens with two attached hydrogens (primary N) is 4. The first kappa shape index (κ1) is 64.7. The summed E-state index contributed by atoms with van der Waals surface area (Å²) in [5, 5.41) is 39.9. The molecule has 1 aromatic rings. The van der Waals surface area contributed by atoms with E-state index in [1.807, 2.05) is 13.8 Å². The number of Topliss-reactive ketones (excluding diaryl/α,β-unsaturated/α-hetero) is 2. The van der Waals surface area contributed by atoms with E-state index in [0.29, 0.717) is 18.4 Å². The van der Waals surface area contributed by atoms with Crippen LogP contribution in [0.3, 0.4) is 0 Å². The van der Waals surface area contributed by atoms with Crippen LogP contribution in [0, 0.1) is 17.8 Å². The fourth-order valence-corrected chi connectivity index (χ4v) is 8.75. The smallest absolute Gasteiger partial charge is 0.245 e. The van der Waals surface area contributed by atoms with E-state index in [1.54, 1.807) is 30.3 Å². The van der Waals surface area contributed by atoms with Crippen molar-refractivity contribution in [2.45, 2.75) is 185 Å². The molecule has 1 aliphatic heterocycles. The molecule has 1 aliphatic rings. The number of benzene rings is 1. The molecule has 7 amide bonds. The highest BCUT2D eigenvalue weighted by Gasteiger charge is 2.36. The molecule has 2 rings (SSSR count). The number of nitrogens with one attached hydrogen (secondary N) is 7. The summed E-state index contributed by atoms with van der Waals surface area (Å²) in [7, 11) is 0. The summed E-state index contributed by atoms with van der Waals surface area (Å²) in [4.78, 5) is 126. The van der Waals surface area contributed by atoms with Gasteiger partial charge >= 0.3 is 0 Å². The van der Waals surface area contributed by atoms with Crippen LogP contribution in [0.5, 0.6) is 0 Å². The van der Waals surface area contributed by atoms with Gasteiger partial charge < -0.3 is 70.4 Å². The molecule has 22 heteroatoms. The van der Waals surface area contributed by atoms with Gasteiger partial charge in [0, 0.05) is 44.1 Å². The number of ketones is 2. The summed E-state index contributed by atoms with van der Waals surface area (Å²) >= 11 is 0. The summed E-state index contributed by atoms with van der Waals surface area (Å²) in [6.07, 6.45) is 2.14. The van der Waals surface area contributed by atoms with Crippen molar-refractivity contribution in [3.63, 3.8) is 0 Å². The average Bonchev–Trinajstić information content (AvgIpc) is 3.34. The maximum atomic E-state index is 14.4. The van der Waals surface area contributed by atoms with Crippen molar-refractivity contribution in [1.82, 2.24) is 37.2 Å². The molecule has 1 fully saturated rings. The number of amides is 7. The summed E-state index contributed by atoms with van der Waals surface area (Å²) in [6.45, 7) is 6.67. The number of carbonyl (C=O) groups is 9. The molecule has 1 saturated heterocycles. The van der Waals surface area contributed by atoms with E-state index >= 15 is 0 Å². The molecule has 0 bridgehead atoms. The van der Waals surface area contributed by atoms with E-state index < -0.39 is 107 Å². The first-order valence-corrected chi connectivity index (χ1v) is 26.6. The summed E-state index contributed by atoms with van der Waals surface area (Å²) in [5.74, 6) is -8.67.